The van der Waals surface area contributed by atoms with Crippen LogP contribution in [0.2, 0.25) is 0 Å². The highest BCUT2D eigenvalue weighted by atomic mass is 16.2. The first kappa shape index (κ1) is 25.5. The Labute approximate surface area is 224 Å². The molecule has 0 unspecified atom stereocenters. The largest absolute Gasteiger partial charge is 0.326 e. The van der Waals surface area contributed by atoms with Crippen molar-refractivity contribution in [2.75, 3.05) is 10.6 Å². The normalized spacial score (nSPS) is 14.4. The van der Waals surface area contributed by atoms with Crippen LogP contribution in [-0.4, -0.2) is 21.9 Å². The molecule has 6 nitrogen and oxygen atoms in total. The predicted octanol–water partition coefficient (Wildman–Crippen LogP) is 7.60. The molecule has 1 aliphatic carbocycles. The van der Waals surface area contributed by atoms with E-state index in [1.807, 2.05) is 66.9 Å². The first-order valence-corrected chi connectivity index (χ1v) is 13.1. The Kier molecular flexibility index (Phi) is 6.66. The van der Waals surface area contributed by atoms with Gasteiger partial charge in [0.05, 0.1) is 18.1 Å². The van der Waals surface area contributed by atoms with Crippen LogP contribution in [0.25, 0.3) is 11.3 Å². The number of amides is 2. The number of hydrogen-bond donors (Lipinski definition) is 2. The Morgan fingerprint density at radius 2 is 1.68 bits per heavy atom. The van der Waals surface area contributed by atoms with E-state index in [2.05, 4.69) is 62.5 Å². The lowest BCUT2D eigenvalue weighted by atomic mass is 9.79. The maximum Gasteiger partial charge on any atom is 0.326 e. The molecule has 1 aromatic heterocycles. The van der Waals surface area contributed by atoms with Crippen molar-refractivity contribution in [1.29, 1.82) is 0 Å². The molecule has 0 bridgehead atoms. The molecule has 194 valence electrons. The number of rotatable bonds is 5. The number of nitrogens with zero attached hydrogens (tertiary/aromatic N) is 3. The van der Waals surface area contributed by atoms with Gasteiger partial charge in [-0.1, -0.05) is 89.2 Å². The van der Waals surface area contributed by atoms with Crippen molar-refractivity contribution in [2.24, 2.45) is 5.10 Å². The summed E-state index contributed by atoms with van der Waals surface area (Å²) in [6.45, 7) is 11.4. The van der Waals surface area contributed by atoms with Gasteiger partial charge in [0.15, 0.2) is 0 Å². The van der Waals surface area contributed by atoms with Gasteiger partial charge in [0, 0.05) is 11.3 Å². The van der Waals surface area contributed by atoms with Gasteiger partial charge in [-0.25, -0.2) is 14.5 Å². The maximum absolute atomic E-state index is 12.9. The number of nitrogens with one attached hydrogen (secondary N) is 2. The fourth-order valence-electron chi connectivity index (χ4n) is 4.91. The van der Waals surface area contributed by atoms with E-state index in [1.54, 1.807) is 10.9 Å². The van der Waals surface area contributed by atoms with Gasteiger partial charge in [0.1, 0.15) is 0 Å². The number of imidazole rings is 1. The first-order chi connectivity index (χ1) is 18.1. The van der Waals surface area contributed by atoms with Crippen LogP contribution < -0.4 is 10.6 Å². The minimum atomic E-state index is -0.376. The second kappa shape index (κ2) is 9.93. The van der Waals surface area contributed by atoms with E-state index in [-0.39, 0.29) is 16.9 Å². The third kappa shape index (κ3) is 5.40. The molecule has 6 heteroatoms. The average molecular weight is 506 g/mol. The fraction of sp³-hybridized carbons (Fsp3) is 0.281. The topological polar surface area (TPSA) is 71.3 Å². The zero-order valence-corrected chi connectivity index (χ0v) is 22.7. The lowest BCUT2D eigenvalue weighted by molar-refractivity contribution is 0.262. The van der Waals surface area contributed by atoms with Crippen LogP contribution in [0.5, 0.6) is 0 Å². The summed E-state index contributed by atoms with van der Waals surface area (Å²) in [5.41, 5.74) is 7.67. The number of fused-ring (bicyclic) bond motifs is 1. The third-order valence-corrected chi connectivity index (χ3v) is 7.20. The van der Waals surface area contributed by atoms with Crippen molar-refractivity contribution in [3.63, 3.8) is 0 Å². The number of carbonyl (C=O) groups excluding carboxylic acids is 1. The van der Waals surface area contributed by atoms with Gasteiger partial charge < -0.3 is 5.32 Å². The SMILES string of the molecule is CC(C)(C)c1cc(-c2cn(/N=C\c3ccccc3)c(NC(=O)Nc3ccccc3)n2)c2c(c1)C(C)(C)CC2. The maximum atomic E-state index is 12.9. The molecule has 0 atom stereocenters. The monoisotopic (exact) mass is 505 g/mol. The van der Waals surface area contributed by atoms with E-state index >= 15 is 0 Å². The van der Waals surface area contributed by atoms with Crippen LogP contribution in [0.4, 0.5) is 16.4 Å². The predicted molar refractivity (Wildman–Crippen MR) is 156 cm³/mol. The van der Waals surface area contributed by atoms with Crippen molar-refractivity contribution in [2.45, 2.75) is 58.3 Å². The van der Waals surface area contributed by atoms with E-state index in [1.165, 1.54) is 16.7 Å². The molecular formula is C32H35N5O. The van der Waals surface area contributed by atoms with Crippen LogP contribution in [0, 0.1) is 0 Å². The summed E-state index contributed by atoms with van der Waals surface area (Å²) in [7, 11) is 0. The summed E-state index contributed by atoms with van der Waals surface area (Å²) in [4.78, 5) is 17.8. The summed E-state index contributed by atoms with van der Waals surface area (Å²) in [6.07, 6.45) is 5.77. The second-order valence-electron chi connectivity index (χ2n) is 11.6. The molecule has 0 fully saturated rings. The van der Waals surface area contributed by atoms with Crippen LogP contribution in [0.1, 0.15) is 63.3 Å². The number of urea groups is 1. The number of para-hydroxylation sites is 1. The highest BCUT2D eigenvalue weighted by Crippen LogP contribution is 2.45. The summed E-state index contributed by atoms with van der Waals surface area (Å²) in [6, 6.07) is 23.5. The van der Waals surface area contributed by atoms with Gasteiger partial charge in [0.25, 0.3) is 0 Å². The summed E-state index contributed by atoms with van der Waals surface area (Å²) >= 11 is 0. The number of benzene rings is 3. The smallest absolute Gasteiger partial charge is 0.308 e. The highest BCUT2D eigenvalue weighted by molar-refractivity contribution is 5.99. The van der Waals surface area contributed by atoms with E-state index in [9.17, 15) is 4.79 Å². The van der Waals surface area contributed by atoms with E-state index < -0.39 is 0 Å². The first-order valence-electron chi connectivity index (χ1n) is 13.1. The van der Waals surface area contributed by atoms with Crippen LogP contribution >= 0.6 is 0 Å². The average Bonchev–Trinajstić information content (AvgIpc) is 3.42. The molecule has 38 heavy (non-hydrogen) atoms. The third-order valence-electron chi connectivity index (χ3n) is 7.20. The van der Waals surface area contributed by atoms with Gasteiger partial charge in [0.2, 0.25) is 5.95 Å². The van der Waals surface area contributed by atoms with Crippen molar-refractivity contribution in [3.05, 3.63) is 101 Å². The molecule has 0 radical (unpaired) electrons. The molecule has 0 aliphatic heterocycles. The summed E-state index contributed by atoms with van der Waals surface area (Å²) in [5, 5.41) is 10.4. The standard InChI is InChI=1S/C32H35N5O/c1-31(2,3)23-18-26(25-16-17-32(4,5)27(25)19-23)28-21-37(33-20-22-12-8-6-9-13-22)29(35-28)36-30(38)34-24-14-10-7-11-15-24/h6-15,18-21H,16-17H2,1-5H3,(H2,34,35,36,38)/b33-20-. The quantitative estimate of drug-likeness (QED) is 0.274. The van der Waals surface area contributed by atoms with Gasteiger partial charge in [-0.3, -0.25) is 5.32 Å². The Bertz CT molecular complexity index is 1480. The highest BCUT2D eigenvalue weighted by Gasteiger charge is 2.34. The molecule has 0 spiro atoms. The minimum Gasteiger partial charge on any atom is -0.308 e. The zero-order valence-electron chi connectivity index (χ0n) is 22.7. The second-order valence-corrected chi connectivity index (χ2v) is 11.6. The molecule has 2 N–H and O–H groups in total. The van der Waals surface area contributed by atoms with Crippen molar-refractivity contribution in [3.8, 4) is 11.3 Å². The number of anilines is 2. The Morgan fingerprint density at radius 3 is 2.37 bits per heavy atom. The molecule has 2 amide bonds. The van der Waals surface area contributed by atoms with E-state index in [0.717, 1.165) is 29.7 Å². The van der Waals surface area contributed by atoms with Gasteiger partial charge in [-0.15, -0.1) is 0 Å². The number of aromatic nitrogens is 2. The molecule has 4 aromatic rings. The van der Waals surface area contributed by atoms with Crippen LogP contribution in [-0.2, 0) is 17.3 Å². The minimum absolute atomic E-state index is 0.00682. The molecule has 1 heterocycles. The fourth-order valence-corrected chi connectivity index (χ4v) is 4.91. The lowest BCUT2D eigenvalue weighted by Gasteiger charge is -2.25. The van der Waals surface area contributed by atoms with E-state index in [0.29, 0.717) is 11.6 Å². The van der Waals surface area contributed by atoms with Gasteiger partial charge in [-0.05, 0) is 64.1 Å². The van der Waals surface area contributed by atoms with Crippen molar-refractivity contribution in [1.82, 2.24) is 9.66 Å². The lowest BCUT2D eigenvalue weighted by Crippen LogP contribution is -2.21. The molecule has 1 aliphatic rings. The van der Waals surface area contributed by atoms with Crippen molar-refractivity contribution < 1.29 is 4.79 Å². The molecular weight excluding hydrogens is 470 g/mol. The van der Waals surface area contributed by atoms with Gasteiger partial charge in [-0.2, -0.15) is 5.10 Å². The number of hydrogen-bond acceptors (Lipinski definition) is 3. The Hall–Kier alpha value is -4.19. The summed E-state index contributed by atoms with van der Waals surface area (Å²) < 4.78 is 1.64. The van der Waals surface area contributed by atoms with E-state index in [4.69, 9.17) is 4.98 Å². The molecule has 0 saturated carbocycles. The molecule has 3 aromatic carbocycles. The Morgan fingerprint density at radius 1 is 1.00 bits per heavy atom. The van der Waals surface area contributed by atoms with Crippen LogP contribution in [0.3, 0.4) is 0 Å². The van der Waals surface area contributed by atoms with Crippen LogP contribution in [0.15, 0.2) is 84.1 Å². The number of carbonyl (C=O) groups is 1. The van der Waals surface area contributed by atoms with Gasteiger partial charge >= 0.3 is 6.03 Å². The molecule has 5 rings (SSSR count). The summed E-state index contributed by atoms with van der Waals surface area (Å²) in [5.74, 6) is 0.354. The molecule has 0 saturated heterocycles. The van der Waals surface area contributed by atoms with Crippen molar-refractivity contribution >= 4 is 23.9 Å². The Balaban J connectivity index is 1.57. The zero-order chi connectivity index (χ0) is 26.9.